The van der Waals surface area contributed by atoms with Crippen LogP contribution in [0.3, 0.4) is 0 Å². The lowest BCUT2D eigenvalue weighted by molar-refractivity contribution is 0.174. The first-order valence-corrected chi connectivity index (χ1v) is 11.7. The average Bonchev–Trinajstić information content (AvgIpc) is 3.52. The largest absolute Gasteiger partial charge is 0.493 e. The molecule has 9 heteroatoms. The van der Waals surface area contributed by atoms with Crippen molar-refractivity contribution in [2.45, 2.75) is 17.8 Å². The maximum Gasteiger partial charge on any atom is 0.231 e. The van der Waals surface area contributed by atoms with Gasteiger partial charge >= 0.3 is 0 Å². The average molecular weight is 453 g/mol. The molecule has 4 aromatic rings. The van der Waals surface area contributed by atoms with Gasteiger partial charge in [-0.15, -0.1) is 21.5 Å². The first kappa shape index (κ1) is 19.9. The summed E-state index contributed by atoms with van der Waals surface area (Å²) in [6.45, 7) is 2.85. The van der Waals surface area contributed by atoms with Crippen molar-refractivity contribution in [2.75, 3.05) is 13.4 Å². The van der Waals surface area contributed by atoms with Gasteiger partial charge in [0.2, 0.25) is 6.79 Å². The van der Waals surface area contributed by atoms with Gasteiger partial charge in [0.15, 0.2) is 22.5 Å². The fourth-order valence-corrected chi connectivity index (χ4v) is 5.01. The van der Waals surface area contributed by atoms with E-state index in [9.17, 15) is 0 Å². The van der Waals surface area contributed by atoms with Crippen LogP contribution in [0.4, 0.5) is 0 Å². The zero-order valence-electron chi connectivity index (χ0n) is 17.1. The van der Waals surface area contributed by atoms with Crippen molar-refractivity contribution in [3.05, 3.63) is 53.5 Å². The van der Waals surface area contributed by atoms with Crippen LogP contribution in [-0.4, -0.2) is 33.1 Å². The Balaban J connectivity index is 1.31. The number of hydrogen-bond acceptors (Lipinski definition) is 8. The van der Waals surface area contributed by atoms with Crippen LogP contribution in [0.15, 0.2) is 53.0 Å². The second kappa shape index (κ2) is 8.60. The summed E-state index contributed by atoms with van der Waals surface area (Å²) < 4.78 is 18.6. The van der Waals surface area contributed by atoms with E-state index in [1.54, 1.807) is 23.1 Å². The monoisotopic (exact) mass is 452 g/mol. The number of aromatic nitrogens is 4. The van der Waals surface area contributed by atoms with Crippen molar-refractivity contribution < 1.29 is 14.2 Å². The Hall–Kier alpha value is -3.04. The van der Waals surface area contributed by atoms with Crippen LogP contribution in [0.25, 0.3) is 22.0 Å². The minimum absolute atomic E-state index is 0.271. The van der Waals surface area contributed by atoms with Crippen LogP contribution in [0.1, 0.15) is 12.6 Å². The first-order valence-electron chi connectivity index (χ1n) is 9.81. The van der Waals surface area contributed by atoms with Crippen molar-refractivity contribution in [1.29, 1.82) is 0 Å². The zero-order chi connectivity index (χ0) is 21.2. The van der Waals surface area contributed by atoms with E-state index in [1.807, 2.05) is 61.0 Å². The molecule has 0 radical (unpaired) electrons. The molecule has 158 valence electrons. The van der Waals surface area contributed by atoms with Gasteiger partial charge < -0.3 is 18.8 Å². The van der Waals surface area contributed by atoms with Crippen molar-refractivity contribution in [2.24, 2.45) is 7.05 Å². The molecule has 0 aliphatic carbocycles. The standard InChI is InChI=1S/C22H20N4O3S2/c1-3-27-17-7-5-4-6-16(17)20-24-25-22(26(20)2)31-12-15-11-30-21(23-15)14-8-9-18-19(10-14)29-13-28-18/h4-11H,3,12-13H2,1-2H3. The van der Waals surface area contributed by atoms with Gasteiger partial charge in [0.05, 0.1) is 17.9 Å². The van der Waals surface area contributed by atoms with Crippen LogP contribution >= 0.6 is 23.1 Å². The summed E-state index contributed by atoms with van der Waals surface area (Å²) in [6, 6.07) is 13.8. The molecule has 0 unspecified atom stereocenters. The van der Waals surface area contributed by atoms with Gasteiger partial charge in [-0.2, -0.15) is 0 Å². The second-order valence-electron chi connectivity index (χ2n) is 6.80. The SMILES string of the molecule is CCOc1ccccc1-c1nnc(SCc2csc(-c3ccc4c(c3)OCO4)n2)n1C. The summed E-state index contributed by atoms with van der Waals surface area (Å²) in [5.74, 6) is 3.85. The van der Waals surface area contributed by atoms with Gasteiger partial charge in [0.1, 0.15) is 10.8 Å². The fourth-order valence-electron chi connectivity index (χ4n) is 3.28. The van der Waals surface area contributed by atoms with E-state index in [0.29, 0.717) is 12.4 Å². The molecule has 0 N–H and O–H groups in total. The van der Waals surface area contributed by atoms with Crippen molar-refractivity contribution in [3.63, 3.8) is 0 Å². The van der Waals surface area contributed by atoms with Crippen molar-refractivity contribution in [3.8, 4) is 39.2 Å². The molecule has 31 heavy (non-hydrogen) atoms. The van der Waals surface area contributed by atoms with Gasteiger partial charge in [-0.25, -0.2) is 4.98 Å². The van der Waals surface area contributed by atoms with E-state index in [4.69, 9.17) is 19.2 Å². The molecule has 0 amide bonds. The number of benzene rings is 2. The van der Waals surface area contributed by atoms with Crippen molar-refractivity contribution in [1.82, 2.24) is 19.7 Å². The molecule has 2 aromatic carbocycles. The molecule has 0 spiro atoms. The third-order valence-electron chi connectivity index (χ3n) is 4.78. The number of fused-ring (bicyclic) bond motifs is 1. The van der Waals surface area contributed by atoms with Gasteiger partial charge in [-0.1, -0.05) is 23.9 Å². The number of rotatable bonds is 7. The number of thiazole rings is 1. The third kappa shape index (κ3) is 3.98. The highest BCUT2D eigenvalue weighted by atomic mass is 32.2. The Morgan fingerprint density at radius 3 is 2.90 bits per heavy atom. The molecular weight excluding hydrogens is 432 g/mol. The summed E-state index contributed by atoms with van der Waals surface area (Å²) in [4.78, 5) is 4.78. The highest BCUT2D eigenvalue weighted by molar-refractivity contribution is 7.98. The molecule has 7 nitrogen and oxygen atoms in total. The maximum absolute atomic E-state index is 5.74. The molecule has 2 aromatic heterocycles. The Bertz CT molecular complexity index is 1220. The number of ether oxygens (including phenoxy) is 3. The third-order valence-corrected chi connectivity index (χ3v) is 6.78. The molecule has 0 saturated heterocycles. The lowest BCUT2D eigenvalue weighted by atomic mass is 10.2. The normalized spacial score (nSPS) is 12.3. The summed E-state index contributed by atoms with van der Waals surface area (Å²) in [7, 11) is 1.97. The molecule has 1 aliphatic rings. The van der Waals surface area contributed by atoms with Gasteiger partial charge in [-0.05, 0) is 37.3 Å². The molecule has 0 atom stereocenters. The van der Waals surface area contributed by atoms with Crippen LogP contribution < -0.4 is 14.2 Å². The lowest BCUT2D eigenvalue weighted by Gasteiger charge is -2.09. The molecular formula is C22H20N4O3S2. The number of nitrogens with zero attached hydrogens (tertiary/aromatic N) is 4. The van der Waals surface area contributed by atoms with Crippen LogP contribution in [-0.2, 0) is 12.8 Å². The lowest BCUT2D eigenvalue weighted by Crippen LogP contribution is -1.99. The van der Waals surface area contributed by atoms with Gasteiger partial charge in [0, 0.05) is 23.7 Å². The topological polar surface area (TPSA) is 71.3 Å². The highest BCUT2D eigenvalue weighted by Gasteiger charge is 2.17. The molecule has 3 heterocycles. The summed E-state index contributed by atoms with van der Waals surface area (Å²) in [6.07, 6.45) is 0. The number of thioether (sulfide) groups is 1. The van der Waals surface area contributed by atoms with E-state index in [-0.39, 0.29) is 6.79 Å². The number of hydrogen-bond donors (Lipinski definition) is 0. The molecule has 5 rings (SSSR count). The zero-order valence-corrected chi connectivity index (χ0v) is 18.7. The van der Waals surface area contributed by atoms with E-state index >= 15 is 0 Å². The Morgan fingerprint density at radius 1 is 1.13 bits per heavy atom. The predicted octanol–water partition coefficient (Wildman–Crippen LogP) is 5.03. The van der Waals surface area contributed by atoms with Crippen LogP contribution in [0.5, 0.6) is 17.2 Å². The Kier molecular flexibility index (Phi) is 5.52. The second-order valence-corrected chi connectivity index (χ2v) is 8.60. The molecule has 1 aliphatic heterocycles. The minimum atomic E-state index is 0.271. The highest BCUT2D eigenvalue weighted by Crippen LogP contribution is 2.37. The van der Waals surface area contributed by atoms with E-state index in [1.165, 1.54) is 0 Å². The Morgan fingerprint density at radius 2 is 2.00 bits per heavy atom. The first-order chi connectivity index (χ1) is 15.2. The number of para-hydroxylation sites is 1. The minimum Gasteiger partial charge on any atom is -0.493 e. The molecule has 0 bridgehead atoms. The summed E-state index contributed by atoms with van der Waals surface area (Å²) in [5, 5.41) is 12.6. The predicted molar refractivity (Wildman–Crippen MR) is 121 cm³/mol. The quantitative estimate of drug-likeness (QED) is 0.364. The Labute approximate surface area is 188 Å². The smallest absolute Gasteiger partial charge is 0.231 e. The fraction of sp³-hybridized carbons (Fsp3) is 0.227. The van der Waals surface area contributed by atoms with Crippen LogP contribution in [0.2, 0.25) is 0 Å². The summed E-state index contributed by atoms with van der Waals surface area (Å²) in [5.41, 5.74) is 2.96. The molecule has 0 saturated carbocycles. The van der Waals surface area contributed by atoms with E-state index < -0.39 is 0 Å². The summed E-state index contributed by atoms with van der Waals surface area (Å²) >= 11 is 3.23. The van der Waals surface area contributed by atoms with Crippen LogP contribution in [0, 0.1) is 0 Å². The van der Waals surface area contributed by atoms with E-state index in [2.05, 4.69) is 15.6 Å². The van der Waals surface area contributed by atoms with Gasteiger partial charge in [0.25, 0.3) is 0 Å². The molecule has 0 fully saturated rings. The van der Waals surface area contributed by atoms with Crippen molar-refractivity contribution >= 4 is 23.1 Å². The maximum atomic E-state index is 5.74. The van der Waals surface area contributed by atoms with E-state index in [0.717, 1.165) is 50.1 Å². The van der Waals surface area contributed by atoms with Gasteiger partial charge in [-0.3, -0.25) is 0 Å².